The lowest BCUT2D eigenvalue weighted by Gasteiger charge is -2.01. The van der Waals surface area contributed by atoms with Gasteiger partial charge in [-0.3, -0.25) is 0 Å². The Hall–Kier alpha value is -1.78. The van der Waals surface area contributed by atoms with Crippen LogP contribution in [-0.4, -0.2) is 11.2 Å². The lowest BCUT2D eigenvalue weighted by molar-refractivity contribution is 0.234. The Balaban J connectivity index is 2.58. The van der Waals surface area contributed by atoms with Crippen molar-refractivity contribution in [1.82, 2.24) is 0 Å². The fourth-order valence-electron chi connectivity index (χ4n) is 1.07. The molecule has 0 aliphatic heterocycles. The summed E-state index contributed by atoms with van der Waals surface area (Å²) < 4.78 is 0. The Morgan fingerprint density at radius 1 is 1.40 bits per heavy atom. The zero-order valence-corrected chi connectivity index (χ0v) is 8.61. The highest BCUT2D eigenvalue weighted by molar-refractivity contribution is 5.34. The summed E-state index contributed by atoms with van der Waals surface area (Å²) in [5.74, 6) is 5.66. The molecule has 15 heavy (non-hydrogen) atoms. The molecule has 1 nitrogen and oxygen atoms in total. The summed E-state index contributed by atoms with van der Waals surface area (Å²) in [6.07, 6.45) is 1.41. The van der Waals surface area contributed by atoms with Gasteiger partial charge < -0.3 is 5.11 Å². The minimum Gasteiger partial charge on any atom is -0.380 e. The molecule has 0 aliphatic carbocycles. The van der Waals surface area contributed by atoms with Crippen LogP contribution in [0.2, 0.25) is 0 Å². The van der Waals surface area contributed by atoms with E-state index in [0.717, 1.165) is 11.1 Å². The monoisotopic (exact) mass is 198 g/mol. The molecule has 0 radical (unpaired) electrons. The maximum Gasteiger partial charge on any atom is 0.119 e. The highest BCUT2D eigenvalue weighted by atomic mass is 16.3. The van der Waals surface area contributed by atoms with E-state index in [2.05, 4.69) is 25.0 Å². The average Bonchev–Trinajstić information content (AvgIpc) is 2.27. The molecule has 0 aliphatic rings. The standard InChI is InChI=1S/C14H14O/c1-3-12(2)11-14(15)10-9-13-7-5-4-6-8-13/h3-8,14-15H,1-2,11H2. The smallest absolute Gasteiger partial charge is 0.119 e. The maximum atomic E-state index is 9.53. The van der Waals surface area contributed by atoms with E-state index in [1.165, 1.54) is 0 Å². The van der Waals surface area contributed by atoms with Gasteiger partial charge in [0.1, 0.15) is 6.10 Å². The van der Waals surface area contributed by atoms with Gasteiger partial charge in [-0.1, -0.05) is 54.8 Å². The van der Waals surface area contributed by atoms with Crippen LogP contribution in [0.1, 0.15) is 12.0 Å². The van der Waals surface area contributed by atoms with Crippen LogP contribution in [0.25, 0.3) is 0 Å². The molecule has 1 atom stereocenters. The lowest BCUT2D eigenvalue weighted by atomic mass is 10.1. The first-order chi connectivity index (χ1) is 7.22. The average molecular weight is 198 g/mol. The van der Waals surface area contributed by atoms with E-state index in [1.807, 2.05) is 30.3 Å². The van der Waals surface area contributed by atoms with Gasteiger partial charge in [-0.05, 0) is 12.1 Å². The van der Waals surface area contributed by atoms with Gasteiger partial charge in [0, 0.05) is 12.0 Å². The van der Waals surface area contributed by atoms with E-state index in [9.17, 15) is 5.11 Å². The van der Waals surface area contributed by atoms with Crippen LogP contribution in [0, 0.1) is 11.8 Å². The molecule has 0 bridgehead atoms. The van der Waals surface area contributed by atoms with Crippen molar-refractivity contribution in [3.63, 3.8) is 0 Å². The summed E-state index contributed by atoms with van der Waals surface area (Å²) in [6.45, 7) is 7.30. The van der Waals surface area contributed by atoms with Crippen LogP contribution in [0.5, 0.6) is 0 Å². The largest absolute Gasteiger partial charge is 0.380 e. The molecule has 1 rings (SSSR count). The number of benzene rings is 1. The summed E-state index contributed by atoms with van der Waals surface area (Å²) in [4.78, 5) is 0. The third-order valence-corrected chi connectivity index (χ3v) is 1.90. The molecule has 76 valence electrons. The minimum atomic E-state index is -0.671. The Morgan fingerprint density at radius 3 is 2.67 bits per heavy atom. The number of rotatable bonds is 3. The van der Waals surface area contributed by atoms with E-state index < -0.39 is 6.10 Å². The first-order valence-electron chi connectivity index (χ1n) is 4.77. The fourth-order valence-corrected chi connectivity index (χ4v) is 1.07. The second-order valence-electron chi connectivity index (χ2n) is 3.22. The quantitative estimate of drug-likeness (QED) is 0.584. The lowest BCUT2D eigenvalue weighted by Crippen LogP contribution is -2.02. The normalized spacial score (nSPS) is 11.0. The summed E-state index contributed by atoms with van der Waals surface area (Å²) >= 11 is 0. The van der Waals surface area contributed by atoms with Crippen molar-refractivity contribution in [3.05, 3.63) is 60.7 Å². The first-order valence-corrected chi connectivity index (χ1v) is 4.77. The zero-order valence-electron chi connectivity index (χ0n) is 8.61. The van der Waals surface area contributed by atoms with Crippen LogP contribution < -0.4 is 0 Å². The molecule has 1 N–H and O–H groups in total. The summed E-state index contributed by atoms with van der Waals surface area (Å²) in [6, 6.07) is 9.57. The fraction of sp³-hybridized carbons (Fsp3) is 0.143. The van der Waals surface area contributed by atoms with E-state index in [0.29, 0.717) is 6.42 Å². The van der Waals surface area contributed by atoms with Crippen molar-refractivity contribution in [2.75, 3.05) is 0 Å². The summed E-state index contributed by atoms with van der Waals surface area (Å²) in [5.41, 5.74) is 1.70. The van der Waals surface area contributed by atoms with Crippen LogP contribution >= 0.6 is 0 Å². The molecule has 0 saturated carbocycles. The van der Waals surface area contributed by atoms with Crippen molar-refractivity contribution in [1.29, 1.82) is 0 Å². The SMILES string of the molecule is C=CC(=C)CC(O)C#Cc1ccccc1. The predicted octanol–water partition coefficient (Wildman–Crippen LogP) is 2.53. The third-order valence-electron chi connectivity index (χ3n) is 1.90. The molecule has 0 fully saturated rings. The van der Waals surface area contributed by atoms with E-state index in [4.69, 9.17) is 0 Å². The Kier molecular flexibility index (Phi) is 4.40. The van der Waals surface area contributed by atoms with E-state index in [1.54, 1.807) is 6.08 Å². The van der Waals surface area contributed by atoms with Gasteiger partial charge in [0.05, 0.1) is 0 Å². The highest BCUT2D eigenvalue weighted by Gasteiger charge is 1.98. The van der Waals surface area contributed by atoms with Gasteiger partial charge >= 0.3 is 0 Å². The number of hydrogen-bond acceptors (Lipinski definition) is 1. The van der Waals surface area contributed by atoms with E-state index in [-0.39, 0.29) is 0 Å². The predicted molar refractivity (Wildman–Crippen MR) is 63.3 cm³/mol. The molecule has 0 amide bonds. The molecule has 1 aromatic carbocycles. The van der Waals surface area contributed by atoms with E-state index >= 15 is 0 Å². The zero-order chi connectivity index (χ0) is 11.1. The number of aliphatic hydroxyl groups excluding tert-OH is 1. The van der Waals surface area contributed by atoms with Gasteiger partial charge in [0.25, 0.3) is 0 Å². The third kappa shape index (κ3) is 4.30. The van der Waals surface area contributed by atoms with Gasteiger partial charge in [0.15, 0.2) is 0 Å². The highest BCUT2D eigenvalue weighted by Crippen LogP contribution is 2.03. The molecule has 0 saturated heterocycles. The number of hydrogen-bond donors (Lipinski definition) is 1. The Labute approximate surface area is 90.8 Å². The topological polar surface area (TPSA) is 20.2 Å². The van der Waals surface area contributed by atoms with Crippen LogP contribution in [0.15, 0.2) is 55.1 Å². The van der Waals surface area contributed by atoms with Crippen molar-refractivity contribution in [3.8, 4) is 11.8 Å². The Bertz CT molecular complexity index is 392. The van der Waals surface area contributed by atoms with Gasteiger partial charge in [-0.2, -0.15) is 0 Å². The van der Waals surface area contributed by atoms with Crippen LogP contribution in [0.3, 0.4) is 0 Å². The second-order valence-corrected chi connectivity index (χ2v) is 3.22. The Morgan fingerprint density at radius 2 is 2.07 bits per heavy atom. The molecular formula is C14H14O. The molecule has 1 heteroatoms. The van der Waals surface area contributed by atoms with Crippen LogP contribution in [0.4, 0.5) is 0 Å². The summed E-state index contributed by atoms with van der Waals surface area (Å²) in [7, 11) is 0. The molecule has 0 spiro atoms. The number of allylic oxidation sites excluding steroid dienone is 1. The van der Waals surface area contributed by atoms with Crippen molar-refractivity contribution in [2.24, 2.45) is 0 Å². The summed E-state index contributed by atoms with van der Waals surface area (Å²) in [5, 5.41) is 9.53. The minimum absolute atomic E-state index is 0.448. The maximum absolute atomic E-state index is 9.53. The molecule has 0 aromatic heterocycles. The number of aliphatic hydroxyl groups is 1. The molecule has 1 unspecified atom stereocenters. The van der Waals surface area contributed by atoms with Crippen molar-refractivity contribution < 1.29 is 5.11 Å². The molecule has 0 heterocycles. The van der Waals surface area contributed by atoms with Crippen molar-refractivity contribution >= 4 is 0 Å². The molecular weight excluding hydrogens is 184 g/mol. The van der Waals surface area contributed by atoms with Crippen LogP contribution in [-0.2, 0) is 0 Å². The van der Waals surface area contributed by atoms with Gasteiger partial charge in [-0.15, -0.1) is 0 Å². The van der Waals surface area contributed by atoms with Gasteiger partial charge in [0.2, 0.25) is 0 Å². The van der Waals surface area contributed by atoms with Crippen molar-refractivity contribution in [2.45, 2.75) is 12.5 Å². The molecule has 1 aromatic rings. The first kappa shape index (κ1) is 11.3. The van der Waals surface area contributed by atoms with Gasteiger partial charge in [-0.25, -0.2) is 0 Å². The second kappa shape index (κ2) is 5.85.